The first-order chi connectivity index (χ1) is 13.5. The smallest absolute Gasteiger partial charge is 0.342 e. The van der Waals surface area contributed by atoms with Crippen LogP contribution in [0.2, 0.25) is 0 Å². The van der Waals surface area contributed by atoms with Crippen molar-refractivity contribution >= 4 is 19.5 Å². The molecule has 0 aromatic heterocycles. The summed E-state index contributed by atoms with van der Waals surface area (Å²) in [5.74, 6) is -0.511. The molecule has 29 heavy (non-hydrogen) atoms. The average Bonchev–Trinajstić information content (AvgIpc) is 3.02. The van der Waals surface area contributed by atoms with Gasteiger partial charge in [0.15, 0.2) is 0 Å². The van der Waals surface area contributed by atoms with Gasteiger partial charge in [0, 0.05) is 24.1 Å². The van der Waals surface area contributed by atoms with Crippen LogP contribution in [0.25, 0.3) is 0 Å². The third-order valence-corrected chi connectivity index (χ3v) is 5.58. The lowest BCUT2D eigenvalue weighted by molar-refractivity contribution is -0.120. The quantitative estimate of drug-likeness (QED) is 0.266. The van der Waals surface area contributed by atoms with E-state index in [-0.39, 0.29) is 36.8 Å². The van der Waals surface area contributed by atoms with E-state index in [4.69, 9.17) is 19.3 Å². The van der Waals surface area contributed by atoms with Gasteiger partial charge < -0.3 is 29.7 Å². The van der Waals surface area contributed by atoms with E-state index in [0.29, 0.717) is 29.7 Å². The van der Waals surface area contributed by atoms with E-state index in [1.165, 1.54) is 7.11 Å². The second-order valence-corrected chi connectivity index (χ2v) is 8.68. The molecule has 4 N–H and O–H groups in total. The Morgan fingerprint density at radius 2 is 2.03 bits per heavy atom. The molecule has 0 unspecified atom stereocenters. The molecule has 1 amide bonds. The van der Waals surface area contributed by atoms with Crippen molar-refractivity contribution in [2.45, 2.75) is 39.7 Å². The maximum Gasteiger partial charge on any atom is 0.342 e. The topological polar surface area (TPSA) is 142 Å². The van der Waals surface area contributed by atoms with Crippen LogP contribution in [0.4, 0.5) is 0 Å². The van der Waals surface area contributed by atoms with Gasteiger partial charge in [-0.25, -0.2) is 4.79 Å². The SMILES string of the molecule is COc1c(C)c2c(c(O)c1C/C=C(\C)CCC(=O)NCCP(=O)(O)O)C(=O)OC2. The van der Waals surface area contributed by atoms with E-state index in [9.17, 15) is 19.3 Å². The second kappa shape index (κ2) is 9.43. The number of phenolic OH excluding ortho intramolecular Hbond substituents is 1. The number of amides is 1. The van der Waals surface area contributed by atoms with Gasteiger partial charge in [0.1, 0.15) is 23.7 Å². The fraction of sp³-hybridized carbons (Fsp3) is 0.474. The van der Waals surface area contributed by atoms with Gasteiger partial charge in [-0.3, -0.25) is 9.36 Å². The van der Waals surface area contributed by atoms with E-state index in [2.05, 4.69) is 5.32 Å². The Kier molecular flexibility index (Phi) is 7.46. The van der Waals surface area contributed by atoms with Crippen LogP contribution in [0.1, 0.15) is 46.8 Å². The van der Waals surface area contributed by atoms with Crippen LogP contribution in [0.15, 0.2) is 11.6 Å². The van der Waals surface area contributed by atoms with Gasteiger partial charge in [0.2, 0.25) is 5.91 Å². The molecule has 0 atom stereocenters. The Morgan fingerprint density at radius 1 is 1.34 bits per heavy atom. The number of hydrogen-bond donors (Lipinski definition) is 4. The van der Waals surface area contributed by atoms with Gasteiger partial charge in [-0.05, 0) is 32.3 Å². The molecule has 1 aromatic carbocycles. The van der Waals surface area contributed by atoms with Gasteiger partial charge in [-0.15, -0.1) is 0 Å². The van der Waals surface area contributed by atoms with Crippen molar-refractivity contribution < 1.29 is 38.5 Å². The maximum atomic E-state index is 11.9. The Labute approximate surface area is 168 Å². The molecule has 160 valence electrons. The normalized spacial score (nSPS) is 13.8. The van der Waals surface area contributed by atoms with E-state index in [1.54, 1.807) is 6.92 Å². The molecule has 2 rings (SSSR count). The number of aromatic hydroxyl groups is 1. The third-order valence-electron chi connectivity index (χ3n) is 4.77. The highest BCUT2D eigenvalue weighted by atomic mass is 31.2. The highest BCUT2D eigenvalue weighted by Crippen LogP contribution is 2.42. The number of hydrogen-bond acceptors (Lipinski definition) is 6. The summed E-state index contributed by atoms with van der Waals surface area (Å²) in [5.41, 5.74) is 2.91. The van der Waals surface area contributed by atoms with Gasteiger partial charge >= 0.3 is 13.6 Å². The zero-order valence-electron chi connectivity index (χ0n) is 16.7. The van der Waals surface area contributed by atoms with E-state index < -0.39 is 19.7 Å². The lowest BCUT2D eigenvalue weighted by atomic mass is 9.94. The Balaban J connectivity index is 2.03. The standard InChI is InChI=1S/C19H26NO8P/c1-11(5-7-15(21)20-8-9-29(24,25)26)4-6-13-17(22)16-14(10-28-19(16)23)12(2)18(13)27-3/h4,22H,5-10H2,1-3H3,(H,20,21)(H2,24,25,26)/b11-4+. The fourth-order valence-corrected chi connectivity index (χ4v) is 3.55. The number of nitrogens with one attached hydrogen (secondary N) is 1. The van der Waals surface area contributed by atoms with Crippen molar-refractivity contribution in [3.63, 3.8) is 0 Å². The zero-order chi connectivity index (χ0) is 21.8. The molecule has 0 bridgehead atoms. The minimum absolute atomic E-state index is 0.0819. The molecule has 0 spiro atoms. The molecule has 0 radical (unpaired) electrons. The molecular formula is C19H26NO8P. The van der Waals surface area contributed by atoms with Crippen LogP contribution in [0, 0.1) is 6.92 Å². The zero-order valence-corrected chi connectivity index (χ0v) is 17.5. The van der Waals surface area contributed by atoms with Crippen molar-refractivity contribution in [1.82, 2.24) is 5.32 Å². The number of esters is 1. The lowest BCUT2D eigenvalue weighted by Crippen LogP contribution is -2.26. The number of benzene rings is 1. The summed E-state index contributed by atoms with van der Waals surface area (Å²) < 4.78 is 21.2. The highest BCUT2D eigenvalue weighted by molar-refractivity contribution is 7.51. The van der Waals surface area contributed by atoms with Crippen LogP contribution in [0.3, 0.4) is 0 Å². The van der Waals surface area contributed by atoms with Gasteiger partial charge in [-0.2, -0.15) is 0 Å². The lowest BCUT2D eigenvalue weighted by Gasteiger charge is -2.15. The van der Waals surface area contributed by atoms with Crippen molar-refractivity contribution in [1.29, 1.82) is 0 Å². The largest absolute Gasteiger partial charge is 0.507 e. The number of methoxy groups -OCH3 is 1. The summed E-state index contributed by atoms with van der Waals surface area (Å²) in [7, 11) is -2.63. The molecule has 1 aromatic rings. The number of cyclic esters (lactones) is 1. The van der Waals surface area contributed by atoms with Gasteiger partial charge in [0.25, 0.3) is 0 Å². The number of carbonyl (C=O) groups excluding carboxylic acids is 2. The monoisotopic (exact) mass is 427 g/mol. The summed E-state index contributed by atoms with van der Waals surface area (Å²) in [5, 5.41) is 13.0. The maximum absolute atomic E-state index is 11.9. The van der Waals surface area contributed by atoms with Crippen LogP contribution >= 0.6 is 7.60 Å². The second-order valence-electron chi connectivity index (χ2n) is 6.91. The predicted molar refractivity (Wildman–Crippen MR) is 105 cm³/mol. The summed E-state index contributed by atoms with van der Waals surface area (Å²) >= 11 is 0. The molecule has 1 heterocycles. The first-order valence-electron chi connectivity index (χ1n) is 9.10. The Hall–Kier alpha value is -2.35. The summed E-state index contributed by atoms with van der Waals surface area (Å²) in [6, 6.07) is 0. The first-order valence-corrected chi connectivity index (χ1v) is 10.9. The predicted octanol–water partition coefficient (Wildman–Crippen LogP) is 1.94. The van der Waals surface area contributed by atoms with Crippen LogP contribution in [-0.4, -0.2) is 46.6 Å². The first kappa shape index (κ1) is 22.9. The van der Waals surface area contributed by atoms with E-state index >= 15 is 0 Å². The average molecular weight is 427 g/mol. The highest BCUT2D eigenvalue weighted by Gasteiger charge is 2.31. The molecule has 1 aliphatic rings. The van der Waals surface area contributed by atoms with Crippen molar-refractivity contribution in [3.8, 4) is 11.5 Å². The molecular weight excluding hydrogens is 401 g/mol. The van der Waals surface area contributed by atoms with E-state index in [1.807, 2.05) is 13.0 Å². The molecule has 9 nitrogen and oxygen atoms in total. The number of carbonyl (C=O) groups is 2. The number of fused-ring (bicyclic) bond motifs is 1. The molecule has 0 saturated carbocycles. The van der Waals surface area contributed by atoms with Crippen LogP contribution < -0.4 is 10.1 Å². The fourth-order valence-electron chi connectivity index (χ4n) is 3.15. The molecule has 0 fully saturated rings. The minimum Gasteiger partial charge on any atom is -0.507 e. The summed E-state index contributed by atoms with van der Waals surface area (Å²) in [6.45, 7) is 3.67. The van der Waals surface area contributed by atoms with Crippen molar-refractivity contribution in [2.75, 3.05) is 19.8 Å². The van der Waals surface area contributed by atoms with Gasteiger partial charge in [-0.1, -0.05) is 11.6 Å². The summed E-state index contributed by atoms with van der Waals surface area (Å²) in [4.78, 5) is 41.2. The van der Waals surface area contributed by atoms with E-state index in [0.717, 1.165) is 11.1 Å². The van der Waals surface area contributed by atoms with Gasteiger partial charge in [0.05, 0.1) is 13.3 Å². The number of rotatable bonds is 9. The van der Waals surface area contributed by atoms with Crippen LogP contribution in [0.5, 0.6) is 11.5 Å². The number of allylic oxidation sites excluding steroid dienone is 2. The Morgan fingerprint density at radius 3 is 2.66 bits per heavy atom. The van der Waals surface area contributed by atoms with Crippen molar-refractivity contribution in [3.05, 3.63) is 33.9 Å². The molecule has 1 aliphatic heterocycles. The third kappa shape index (κ3) is 5.82. The molecule has 0 saturated heterocycles. The van der Waals surface area contributed by atoms with Crippen molar-refractivity contribution in [2.24, 2.45) is 0 Å². The number of phenols is 1. The molecule has 0 aliphatic carbocycles. The Bertz CT molecular complexity index is 887. The number of ether oxygens (including phenoxy) is 2. The molecule has 10 heteroatoms. The minimum atomic E-state index is -4.13. The van der Waals surface area contributed by atoms with Crippen LogP contribution in [-0.2, 0) is 27.1 Å². The summed E-state index contributed by atoms with van der Waals surface area (Å²) in [6.07, 6.45) is 2.36.